The number of halogens is 1. The first-order chi connectivity index (χ1) is 11.3. The van der Waals surface area contributed by atoms with Crippen LogP contribution in [0, 0.1) is 18.7 Å². The van der Waals surface area contributed by atoms with Gasteiger partial charge in [0, 0.05) is 24.2 Å². The lowest BCUT2D eigenvalue weighted by Crippen LogP contribution is -2.53. The zero-order chi connectivity index (χ0) is 17.7. The summed E-state index contributed by atoms with van der Waals surface area (Å²) in [6.45, 7) is 4.17. The fourth-order valence-corrected chi connectivity index (χ4v) is 3.11. The molecule has 6 heteroatoms. The topological polar surface area (TPSA) is 84.2 Å². The molecule has 1 aromatic carbocycles. The maximum atomic E-state index is 13.5. The lowest BCUT2D eigenvalue weighted by atomic mass is 9.74. The van der Waals surface area contributed by atoms with Gasteiger partial charge in [-0.3, -0.25) is 9.59 Å². The highest BCUT2D eigenvalue weighted by Gasteiger charge is 2.37. The van der Waals surface area contributed by atoms with E-state index in [1.54, 1.807) is 19.1 Å². The van der Waals surface area contributed by atoms with Crippen molar-refractivity contribution in [2.24, 2.45) is 11.7 Å². The third-order valence-electron chi connectivity index (χ3n) is 4.71. The Labute approximate surface area is 142 Å². The van der Waals surface area contributed by atoms with Crippen molar-refractivity contribution in [2.45, 2.75) is 45.1 Å². The zero-order valence-electron chi connectivity index (χ0n) is 14.3. The second-order valence-corrected chi connectivity index (χ2v) is 6.82. The van der Waals surface area contributed by atoms with E-state index in [9.17, 15) is 14.0 Å². The molecule has 2 rings (SSSR count). The van der Waals surface area contributed by atoms with Gasteiger partial charge in [-0.15, -0.1) is 0 Å². The van der Waals surface area contributed by atoms with Crippen molar-refractivity contribution < 1.29 is 14.0 Å². The minimum atomic E-state index is -0.467. The number of carbonyl (C=O) groups is 2. The van der Waals surface area contributed by atoms with Crippen molar-refractivity contribution in [3.05, 3.63) is 35.1 Å². The predicted molar refractivity (Wildman–Crippen MR) is 91.0 cm³/mol. The fraction of sp³-hybridized carbons (Fsp3) is 0.556. The standard InChI is InChI=1S/C18H26FN3O2/c1-12-6-7-13(11-15(12)19)16(23)21-9-10-22-17(24)14-5-3-4-8-18(14,2)20/h6-7,11,14H,3-5,8-10,20H2,1-2H3,(H,21,23)(H,22,24). The third kappa shape index (κ3) is 4.54. The average Bonchev–Trinajstić information content (AvgIpc) is 2.53. The van der Waals surface area contributed by atoms with Crippen LogP contribution in [0.5, 0.6) is 0 Å². The number of nitrogens with two attached hydrogens (primary N) is 1. The van der Waals surface area contributed by atoms with E-state index in [1.807, 2.05) is 6.92 Å². The first-order valence-electron chi connectivity index (χ1n) is 8.42. The van der Waals surface area contributed by atoms with E-state index in [2.05, 4.69) is 10.6 Å². The molecule has 2 amide bonds. The summed E-state index contributed by atoms with van der Waals surface area (Å²) in [7, 11) is 0. The molecule has 24 heavy (non-hydrogen) atoms. The maximum Gasteiger partial charge on any atom is 0.251 e. The molecule has 1 aromatic rings. The molecular formula is C18H26FN3O2. The van der Waals surface area contributed by atoms with Crippen LogP contribution in [-0.2, 0) is 4.79 Å². The molecule has 0 heterocycles. The molecule has 0 saturated heterocycles. The maximum absolute atomic E-state index is 13.5. The summed E-state index contributed by atoms with van der Waals surface area (Å²) in [4.78, 5) is 24.2. The van der Waals surface area contributed by atoms with Crippen LogP contribution in [0.15, 0.2) is 18.2 Å². The van der Waals surface area contributed by atoms with E-state index < -0.39 is 11.4 Å². The van der Waals surface area contributed by atoms with Crippen molar-refractivity contribution in [3.8, 4) is 0 Å². The molecule has 0 bridgehead atoms. The Morgan fingerprint density at radius 1 is 1.29 bits per heavy atom. The number of aryl methyl sites for hydroxylation is 1. The molecule has 0 spiro atoms. The number of carbonyl (C=O) groups excluding carboxylic acids is 2. The van der Waals surface area contributed by atoms with E-state index in [0.717, 1.165) is 25.7 Å². The first-order valence-corrected chi connectivity index (χ1v) is 8.42. The average molecular weight is 335 g/mol. The van der Waals surface area contributed by atoms with Gasteiger partial charge in [0.05, 0.1) is 5.92 Å². The smallest absolute Gasteiger partial charge is 0.251 e. The molecule has 1 aliphatic carbocycles. The minimum Gasteiger partial charge on any atom is -0.354 e. The van der Waals surface area contributed by atoms with Crippen molar-refractivity contribution in [3.63, 3.8) is 0 Å². The van der Waals surface area contributed by atoms with Crippen molar-refractivity contribution in [1.82, 2.24) is 10.6 Å². The monoisotopic (exact) mass is 335 g/mol. The summed E-state index contributed by atoms with van der Waals surface area (Å²) in [6.07, 6.45) is 3.72. The molecule has 1 aliphatic rings. The Morgan fingerprint density at radius 3 is 2.67 bits per heavy atom. The summed E-state index contributed by atoms with van der Waals surface area (Å²) >= 11 is 0. The van der Waals surface area contributed by atoms with Crippen LogP contribution in [-0.4, -0.2) is 30.4 Å². The zero-order valence-corrected chi connectivity index (χ0v) is 14.3. The Balaban J connectivity index is 1.77. The van der Waals surface area contributed by atoms with Gasteiger partial charge >= 0.3 is 0 Å². The summed E-state index contributed by atoms with van der Waals surface area (Å²) < 4.78 is 13.5. The second-order valence-electron chi connectivity index (χ2n) is 6.82. The third-order valence-corrected chi connectivity index (χ3v) is 4.71. The van der Waals surface area contributed by atoms with Crippen LogP contribution >= 0.6 is 0 Å². The molecule has 1 saturated carbocycles. The highest BCUT2D eigenvalue weighted by molar-refractivity contribution is 5.94. The van der Waals surface area contributed by atoms with Crippen LogP contribution < -0.4 is 16.4 Å². The fourth-order valence-electron chi connectivity index (χ4n) is 3.11. The summed E-state index contributed by atoms with van der Waals surface area (Å²) in [5, 5.41) is 5.50. The molecule has 0 aliphatic heterocycles. The number of nitrogens with one attached hydrogen (secondary N) is 2. The number of rotatable bonds is 5. The Hall–Kier alpha value is -1.95. The van der Waals surface area contributed by atoms with Gasteiger partial charge in [-0.1, -0.05) is 18.9 Å². The van der Waals surface area contributed by atoms with Crippen LogP contribution in [0.25, 0.3) is 0 Å². The molecule has 5 nitrogen and oxygen atoms in total. The Bertz CT molecular complexity index is 616. The largest absolute Gasteiger partial charge is 0.354 e. The van der Waals surface area contributed by atoms with Crippen LogP contribution in [0.1, 0.15) is 48.5 Å². The van der Waals surface area contributed by atoms with E-state index >= 15 is 0 Å². The SMILES string of the molecule is Cc1ccc(C(=O)NCCNC(=O)C2CCCCC2(C)N)cc1F. The van der Waals surface area contributed by atoms with Crippen LogP contribution in [0.2, 0.25) is 0 Å². The lowest BCUT2D eigenvalue weighted by Gasteiger charge is -2.37. The predicted octanol–water partition coefficient (Wildman–Crippen LogP) is 1.89. The first kappa shape index (κ1) is 18.4. The lowest BCUT2D eigenvalue weighted by molar-refractivity contribution is -0.128. The van der Waals surface area contributed by atoms with Gasteiger partial charge < -0.3 is 16.4 Å². The normalized spacial score (nSPS) is 23.6. The summed E-state index contributed by atoms with van der Waals surface area (Å²) in [5.41, 5.74) is 6.51. The van der Waals surface area contributed by atoms with Crippen LogP contribution in [0.3, 0.4) is 0 Å². The van der Waals surface area contributed by atoms with Gasteiger partial charge in [0.2, 0.25) is 5.91 Å². The van der Waals surface area contributed by atoms with E-state index in [1.165, 1.54) is 6.07 Å². The van der Waals surface area contributed by atoms with Gasteiger partial charge in [-0.05, 0) is 44.4 Å². The number of hydrogen-bond acceptors (Lipinski definition) is 3. The molecule has 4 N–H and O–H groups in total. The number of amides is 2. The highest BCUT2D eigenvalue weighted by Crippen LogP contribution is 2.31. The minimum absolute atomic E-state index is 0.0599. The molecule has 2 atom stereocenters. The van der Waals surface area contributed by atoms with Gasteiger partial charge in [0.25, 0.3) is 5.91 Å². The summed E-state index contributed by atoms with van der Waals surface area (Å²) in [5.74, 6) is -1.01. The molecule has 0 aromatic heterocycles. The quantitative estimate of drug-likeness (QED) is 0.719. The van der Waals surface area contributed by atoms with Gasteiger partial charge in [0.1, 0.15) is 5.82 Å². The van der Waals surface area contributed by atoms with Gasteiger partial charge in [0.15, 0.2) is 0 Å². The number of hydrogen-bond donors (Lipinski definition) is 3. The molecule has 0 radical (unpaired) electrons. The molecule has 1 fully saturated rings. The Morgan fingerprint density at radius 2 is 2.00 bits per heavy atom. The van der Waals surface area contributed by atoms with E-state index in [-0.39, 0.29) is 29.8 Å². The van der Waals surface area contributed by atoms with Gasteiger partial charge in [-0.2, -0.15) is 0 Å². The highest BCUT2D eigenvalue weighted by atomic mass is 19.1. The Kier molecular flexibility index (Phi) is 5.94. The molecular weight excluding hydrogens is 309 g/mol. The second kappa shape index (κ2) is 7.75. The van der Waals surface area contributed by atoms with Crippen molar-refractivity contribution in [1.29, 1.82) is 0 Å². The van der Waals surface area contributed by atoms with Gasteiger partial charge in [-0.25, -0.2) is 4.39 Å². The number of benzene rings is 1. The van der Waals surface area contributed by atoms with E-state index in [0.29, 0.717) is 12.1 Å². The molecule has 132 valence electrons. The summed E-state index contributed by atoms with van der Waals surface area (Å²) in [6, 6.07) is 4.36. The van der Waals surface area contributed by atoms with Crippen LogP contribution in [0.4, 0.5) is 4.39 Å². The van der Waals surface area contributed by atoms with Crippen molar-refractivity contribution >= 4 is 11.8 Å². The molecule has 2 unspecified atom stereocenters. The van der Waals surface area contributed by atoms with Crippen molar-refractivity contribution in [2.75, 3.05) is 13.1 Å². The van der Waals surface area contributed by atoms with E-state index in [4.69, 9.17) is 5.73 Å².